The summed E-state index contributed by atoms with van der Waals surface area (Å²) < 4.78 is 0.867. The third-order valence-corrected chi connectivity index (χ3v) is 8.78. The van der Waals surface area contributed by atoms with Crippen molar-refractivity contribution in [3.05, 3.63) is 75.3 Å². The minimum absolute atomic E-state index is 0.0300. The van der Waals surface area contributed by atoms with Crippen molar-refractivity contribution in [1.82, 2.24) is 20.5 Å². The minimum atomic E-state index is -0.872. The number of amides is 3. The standard InChI is InChI=1S/C31H37BrN4O4S/c1-18(21-9-11-22(12-10-21)27-19(2)33-17-41-27)34-29(39)25-15-24(37)16-36(25)30(40)28(31(3,4)5)35-26(38)14-20-7-6-8-23(32)13-20/h6-13,17-18,24-25,28,37H,14-16H2,1-5H3,(H,34,39)(H,35,38)/t18?,24-,25+,28?/m1/s1. The smallest absolute Gasteiger partial charge is 0.246 e. The lowest BCUT2D eigenvalue weighted by Crippen LogP contribution is -2.58. The highest BCUT2D eigenvalue weighted by molar-refractivity contribution is 9.10. The number of aromatic nitrogens is 1. The van der Waals surface area contributed by atoms with Gasteiger partial charge in [0.2, 0.25) is 17.7 Å². The van der Waals surface area contributed by atoms with Gasteiger partial charge in [-0.3, -0.25) is 14.4 Å². The zero-order valence-electron chi connectivity index (χ0n) is 24.0. The number of thiazole rings is 1. The molecule has 3 amide bonds. The van der Waals surface area contributed by atoms with Crippen molar-refractivity contribution in [3.63, 3.8) is 0 Å². The Bertz CT molecular complexity index is 1400. The number of aliphatic hydroxyl groups is 1. The van der Waals surface area contributed by atoms with Gasteiger partial charge in [0, 0.05) is 17.4 Å². The molecule has 4 atom stereocenters. The van der Waals surface area contributed by atoms with Gasteiger partial charge in [-0.1, -0.05) is 73.1 Å². The maximum absolute atomic E-state index is 13.8. The fourth-order valence-electron chi connectivity index (χ4n) is 5.06. The van der Waals surface area contributed by atoms with Crippen LogP contribution < -0.4 is 10.6 Å². The maximum atomic E-state index is 13.8. The highest BCUT2D eigenvalue weighted by Crippen LogP contribution is 2.29. The summed E-state index contributed by atoms with van der Waals surface area (Å²) in [5.74, 6) is -1.01. The molecule has 1 saturated heterocycles. The van der Waals surface area contributed by atoms with Gasteiger partial charge in [0.25, 0.3) is 0 Å². The van der Waals surface area contributed by atoms with Gasteiger partial charge in [-0.2, -0.15) is 0 Å². The van der Waals surface area contributed by atoms with Gasteiger partial charge in [-0.25, -0.2) is 4.98 Å². The molecule has 0 radical (unpaired) electrons. The molecule has 2 unspecified atom stereocenters. The first-order valence-electron chi connectivity index (χ1n) is 13.7. The number of hydrogen-bond donors (Lipinski definition) is 3. The number of aliphatic hydroxyl groups excluding tert-OH is 1. The molecule has 0 bridgehead atoms. The summed E-state index contributed by atoms with van der Waals surface area (Å²) in [6, 6.07) is 13.4. The van der Waals surface area contributed by atoms with Crippen molar-refractivity contribution < 1.29 is 19.5 Å². The zero-order chi connectivity index (χ0) is 29.9. The number of likely N-dealkylation sites (tertiary alicyclic amines) is 1. The van der Waals surface area contributed by atoms with Crippen LogP contribution in [0.1, 0.15) is 57.0 Å². The number of β-amino-alcohol motifs (C(OH)–C–C–N with tert-alkyl or cyclic N) is 1. The number of carbonyl (C=O) groups excluding carboxylic acids is 3. The van der Waals surface area contributed by atoms with E-state index in [0.717, 1.165) is 31.7 Å². The second-order valence-corrected chi connectivity index (χ2v) is 13.5. The molecule has 8 nitrogen and oxygen atoms in total. The zero-order valence-corrected chi connectivity index (χ0v) is 26.4. The molecule has 218 valence electrons. The van der Waals surface area contributed by atoms with Gasteiger partial charge < -0.3 is 20.6 Å². The van der Waals surface area contributed by atoms with Crippen LogP contribution in [-0.2, 0) is 20.8 Å². The van der Waals surface area contributed by atoms with E-state index in [9.17, 15) is 19.5 Å². The number of nitrogens with one attached hydrogen (secondary N) is 2. The van der Waals surface area contributed by atoms with Crippen LogP contribution in [0, 0.1) is 12.3 Å². The van der Waals surface area contributed by atoms with Crippen LogP contribution in [-0.4, -0.2) is 57.4 Å². The van der Waals surface area contributed by atoms with Crippen LogP contribution in [0.5, 0.6) is 0 Å². The first kappa shape index (κ1) is 30.9. The van der Waals surface area contributed by atoms with Crippen LogP contribution in [0.15, 0.2) is 58.5 Å². The van der Waals surface area contributed by atoms with Crippen molar-refractivity contribution in [2.45, 2.75) is 71.7 Å². The first-order valence-corrected chi connectivity index (χ1v) is 15.3. The van der Waals surface area contributed by atoms with Crippen LogP contribution >= 0.6 is 27.3 Å². The first-order chi connectivity index (χ1) is 19.3. The Kier molecular flexibility index (Phi) is 9.66. The van der Waals surface area contributed by atoms with E-state index in [1.807, 2.05) is 88.7 Å². The molecule has 4 rings (SSSR count). The van der Waals surface area contributed by atoms with E-state index in [4.69, 9.17) is 0 Å². The summed E-state index contributed by atoms with van der Waals surface area (Å²) in [4.78, 5) is 47.1. The minimum Gasteiger partial charge on any atom is -0.391 e. The highest BCUT2D eigenvalue weighted by Gasteiger charge is 2.44. The molecule has 2 heterocycles. The molecule has 10 heteroatoms. The Morgan fingerprint density at radius 2 is 1.85 bits per heavy atom. The van der Waals surface area contributed by atoms with Crippen LogP contribution in [0.2, 0.25) is 0 Å². The summed E-state index contributed by atoms with van der Waals surface area (Å²) in [5, 5.41) is 16.4. The molecule has 1 fully saturated rings. The van der Waals surface area contributed by atoms with Gasteiger partial charge in [0.1, 0.15) is 12.1 Å². The topological polar surface area (TPSA) is 112 Å². The summed E-state index contributed by atoms with van der Waals surface area (Å²) in [7, 11) is 0. The Labute approximate surface area is 253 Å². The number of nitrogens with zero attached hydrogens (tertiary/aromatic N) is 2. The van der Waals surface area contributed by atoms with Crippen LogP contribution in [0.25, 0.3) is 10.4 Å². The predicted octanol–water partition coefficient (Wildman–Crippen LogP) is 4.79. The predicted molar refractivity (Wildman–Crippen MR) is 164 cm³/mol. The number of benzene rings is 2. The normalized spacial score (nSPS) is 18.6. The SMILES string of the molecule is Cc1ncsc1-c1ccc(C(C)NC(=O)[C@@H]2C[C@@H](O)CN2C(=O)C(NC(=O)Cc2cccc(Br)c2)C(C)(C)C)cc1. The van der Waals surface area contributed by atoms with Gasteiger partial charge in [0.15, 0.2) is 0 Å². The van der Waals surface area contributed by atoms with E-state index >= 15 is 0 Å². The van der Waals surface area contributed by atoms with Gasteiger partial charge in [-0.05, 0) is 48.1 Å². The van der Waals surface area contributed by atoms with E-state index in [0.29, 0.717) is 0 Å². The number of carbonyl (C=O) groups is 3. The molecule has 1 aliphatic heterocycles. The molecule has 0 aliphatic carbocycles. The molecule has 1 aliphatic rings. The number of rotatable bonds is 8. The average Bonchev–Trinajstić information content (AvgIpc) is 3.51. The summed E-state index contributed by atoms with van der Waals surface area (Å²) in [6.45, 7) is 9.51. The quantitative estimate of drug-likeness (QED) is 0.328. The fourth-order valence-corrected chi connectivity index (χ4v) is 6.32. The van der Waals surface area contributed by atoms with E-state index in [2.05, 4.69) is 31.5 Å². The molecule has 3 N–H and O–H groups in total. The van der Waals surface area contributed by atoms with Gasteiger partial charge >= 0.3 is 0 Å². The summed E-state index contributed by atoms with van der Waals surface area (Å²) >= 11 is 5.00. The lowest BCUT2D eigenvalue weighted by atomic mass is 9.85. The number of halogens is 1. The van der Waals surface area contributed by atoms with Crippen molar-refractivity contribution in [3.8, 4) is 10.4 Å². The van der Waals surface area contributed by atoms with Gasteiger partial charge in [0.05, 0.1) is 34.6 Å². The Balaban J connectivity index is 1.45. The molecule has 3 aromatic rings. The molecule has 2 aromatic carbocycles. The Morgan fingerprint density at radius 3 is 2.46 bits per heavy atom. The summed E-state index contributed by atoms with van der Waals surface area (Å²) in [5.41, 5.74) is 4.99. The molecule has 0 spiro atoms. The number of aryl methyl sites for hydroxylation is 1. The molecule has 1 aromatic heterocycles. The van der Waals surface area contributed by atoms with Crippen molar-refractivity contribution in [2.24, 2.45) is 5.41 Å². The lowest BCUT2D eigenvalue weighted by molar-refractivity contribution is -0.144. The third kappa shape index (κ3) is 7.61. The van der Waals surface area contributed by atoms with Crippen molar-refractivity contribution in [2.75, 3.05) is 6.54 Å². The maximum Gasteiger partial charge on any atom is 0.246 e. The van der Waals surface area contributed by atoms with E-state index in [-0.39, 0.29) is 43.1 Å². The molecular formula is C31H37BrN4O4S. The summed E-state index contributed by atoms with van der Waals surface area (Å²) in [6.07, 6.45) is -0.577. The van der Waals surface area contributed by atoms with E-state index in [1.54, 1.807) is 11.3 Å². The number of hydrogen-bond acceptors (Lipinski definition) is 6. The van der Waals surface area contributed by atoms with Crippen molar-refractivity contribution in [1.29, 1.82) is 0 Å². The van der Waals surface area contributed by atoms with Crippen LogP contribution in [0.4, 0.5) is 0 Å². The van der Waals surface area contributed by atoms with E-state index < -0.39 is 23.6 Å². The van der Waals surface area contributed by atoms with E-state index in [1.165, 1.54) is 4.90 Å². The highest BCUT2D eigenvalue weighted by atomic mass is 79.9. The monoisotopic (exact) mass is 640 g/mol. The largest absolute Gasteiger partial charge is 0.391 e. The van der Waals surface area contributed by atoms with Gasteiger partial charge in [-0.15, -0.1) is 11.3 Å². The molecule has 0 saturated carbocycles. The Morgan fingerprint density at radius 1 is 1.15 bits per heavy atom. The average molecular weight is 642 g/mol. The Hall–Kier alpha value is -3.08. The second-order valence-electron chi connectivity index (χ2n) is 11.7. The molecule has 41 heavy (non-hydrogen) atoms. The van der Waals surface area contributed by atoms with Crippen molar-refractivity contribution >= 4 is 45.0 Å². The third-order valence-electron chi connectivity index (χ3n) is 7.31. The lowest BCUT2D eigenvalue weighted by Gasteiger charge is -2.35. The second kappa shape index (κ2) is 12.8. The fraction of sp³-hybridized carbons (Fsp3) is 0.419. The molecular weight excluding hydrogens is 604 g/mol. The van der Waals surface area contributed by atoms with Crippen LogP contribution in [0.3, 0.4) is 0 Å².